The Hall–Kier alpha value is -2.27. The van der Waals surface area contributed by atoms with Crippen LogP contribution in [0.5, 0.6) is 0 Å². The Morgan fingerprint density at radius 2 is 1.78 bits per heavy atom. The molecule has 0 aromatic carbocycles. The zero-order valence-corrected chi connectivity index (χ0v) is 13.3. The first-order valence-electron chi connectivity index (χ1n) is 7.72. The monoisotopic (exact) mass is 402 g/mol. The van der Waals surface area contributed by atoms with Crippen molar-refractivity contribution in [3.8, 4) is 0 Å². The van der Waals surface area contributed by atoms with Gasteiger partial charge < -0.3 is 14.2 Å². The van der Waals surface area contributed by atoms with Crippen molar-refractivity contribution < 1.29 is 54.9 Å². The molecule has 3 aliphatic rings. The molecule has 3 rings (SSSR count). The lowest BCUT2D eigenvalue weighted by Crippen LogP contribution is -2.44. The van der Waals surface area contributed by atoms with Gasteiger partial charge in [0.2, 0.25) is 0 Å². The summed E-state index contributed by atoms with van der Waals surface area (Å²) in [4.78, 5) is 35.7. The number of hydrogen-bond donors (Lipinski definition) is 0. The number of esters is 3. The highest BCUT2D eigenvalue weighted by Gasteiger charge is 2.70. The Labute approximate surface area is 147 Å². The van der Waals surface area contributed by atoms with E-state index in [2.05, 4.69) is 11.3 Å². The molecule has 1 saturated heterocycles. The van der Waals surface area contributed by atoms with E-state index in [1.165, 1.54) is 0 Å². The molecule has 150 valence electrons. The van der Waals surface area contributed by atoms with Gasteiger partial charge in [-0.3, -0.25) is 9.59 Å². The van der Waals surface area contributed by atoms with Crippen LogP contribution in [0.3, 0.4) is 0 Å². The van der Waals surface area contributed by atoms with Gasteiger partial charge in [0.05, 0.1) is 11.8 Å². The van der Waals surface area contributed by atoms with Crippen LogP contribution < -0.4 is 0 Å². The Bertz CT molecular complexity index is 698. The van der Waals surface area contributed by atoms with Crippen molar-refractivity contribution in [3.05, 3.63) is 12.2 Å². The van der Waals surface area contributed by atoms with E-state index < -0.39 is 78.3 Å². The molecule has 0 amide bonds. The summed E-state index contributed by atoms with van der Waals surface area (Å²) in [6.07, 6.45) is -12.2. The van der Waals surface area contributed by atoms with Crippen LogP contribution >= 0.6 is 0 Å². The van der Waals surface area contributed by atoms with Crippen molar-refractivity contribution in [2.75, 3.05) is 6.61 Å². The largest absolute Gasteiger partial charge is 0.458 e. The Morgan fingerprint density at radius 3 is 2.33 bits per heavy atom. The van der Waals surface area contributed by atoms with E-state index in [0.717, 1.165) is 0 Å². The van der Waals surface area contributed by atoms with Crippen molar-refractivity contribution in [2.24, 2.45) is 23.7 Å². The molecule has 0 radical (unpaired) electrons. The zero-order valence-electron chi connectivity index (χ0n) is 13.3. The van der Waals surface area contributed by atoms with Crippen LogP contribution in [0.2, 0.25) is 0 Å². The molecule has 27 heavy (non-hydrogen) atoms. The average molecular weight is 402 g/mol. The van der Waals surface area contributed by atoms with Crippen molar-refractivity contribution >= 4 is 17.9 Å². The summed E-state index contributed by atoms with van der Waals surface area (Å²) in [7, 11) is 0. The van der Waals surface area contributed by atoms with Crippen LogP contribution in [0.4, 0.5) is 26.3 Å². The number of fused-ring (bicyclic) bond motifs is 1. The first-order chi connectivity index (χ1) is 12.3. The molecular formula is C15H12F6O6. The SMILES string of the molecule is C=C(C(=O)OC1C2CC3C1OC(=O)C3C2C(=O)OCC(F)(F)F)C(F)(F)F. The first kappa shape index (κ1) is 19.5. The smallest absolute Gasteiger partial charge is 0.422 e. The molecule has 12 heteroatoms. The van der Waals surface area contributed by atoms with Crippen LogP contribution in [0.25, 0.3) is 0 Å². The van der Waals surface area contributed by atoms with E-state index in [1.807, 2.05) is 0 Å². The first-order valence-corrected chi connectivity index (χ1v) is 7.72. The van der Waals surface area contributed by atoms with Gasteiger partial charge in [-0.25, -0.2) is 4.79 Å². The van der Waals surface area contributed by atoms with E-state index in [0.29, 0.717) is 0 Å². The van der Waals surface area contributed by atoms with E-state index >= 15 is 0 Å². The summed E-state index contributed by atoms with van der Waals surface area (Å²) in [5.41, 5.74) is -1.79. The maximum absolute atomic E-state index is 12.6. The average Bonchev–Trinajstić information content (AvgIpc) is 3.13. The molecule has 0 N–H and O–H groups in total. The van der Waals surface area contributed by atoms with Crippen LogP contribution in [-0.4, -0.2) is 49.1 Å². The van der Waals surface area contributed by atoms with Crippen molar-refractivity contribution in [1.82, 2.24) is 0 Å². The topological polar surface area (TPSA) is 78.9 Å². The fourth-order valence-corrected chi connectivity index (χ4v) is 4.03. The fraction of sp³-hybridized carbons (Fsp3) is 0.667. The third kappa shape index (κ3) is 3.36. The summed E-state index contributed by atoms with van der Waals surface area (Å²) in [5, 5.41) is 0. The Kier molecular flexibility index (Phi) is 4.42. The van der Waals surface area contributed by atoms with Gasteiger partial charge >= 0.3 is 30.3 Å². The summed E-state index contributed by atoms with van der Waals surface area (Å²) in [6, 6.07) is 0. The minimum Gasteiger partial charge on any atom is -0.458 e. The van der Waals surface area contributed by atoms with Crippen molar-refractivity contribution in [1.29, 1.82) is 0 Å². The third-order valence-electron chi connectivity index (χ3n) is 5.03. The Balaban J connectivity index is 1.77. The molecule has 1 aliphatic heterocycles. The molecule has 2 bridgehead atoms. The predicted octanol–water partition coefficient (Wildman–Crippen LogP) is 1.93. The van der Waals surface area contributed by atoms with E-state index in [4.69, 9.17) is 9.47 Å². The van der Waals surface area contributed by atoms with Gasteiger partial charge in [-0.2, -0.15) is 26.3 Å². The molecule has 6 unspecified atom stereocenters. The van der Waals surface area contributed by atoms with Crippen LogP contribution in [0, 0.1) is 23.7 Å². The fourth-order valence-electron chi connectivity index (χ4n) is 4.03. The second kappa shape index (κ2) is 6.13. The third-order valence-corrected chi connectivity index (χ3v) is 5.03. The normalized spacial score (nSPS) is 34.4. The van der Waals surface area contributed by atoms with Crippen molar-refractivity contribution in [3.63, 3.8) is 0 Å². The quantitative estimate of drug-likeness (QED) is 0.310. The van der Waals surface area contributed by atoms with Gasteiger partial charge in [-0.15, -0.1) is 0 Å². The zero-order chi connectivity index (χ0) is 20.3. The highest BCUT2D eigenvalue weighted by molar-refractivity contribution is 5.90. The number of alkyl halides is 6. The molecule has 6 nitrogen and oxygen atoms in total. The highest BCUT2D eigenvalue weighted by Crippen LogP contribution is 2.59. The van der Waals surface area contributed by atoms with Crippen LogP contribution in [-0.2, 0) is 28.6 Å². The lowest BCUT2D eigenvalue weighted by molar-refractivity contribution is -0.193. The lowest BCUT2D eigenvalue weighted by atomic mass is 9.78. The number of carbonyl (C=O) groups excluding carboxylic acids is 3. The van der Waals surface area contributed by atoms with Gasteiger partial charge in [0.15, 0.2) is 6.61 Å². The summed E-state index contributed by atoms with van der Waals surface area (Å²) in [6.45, 7) is 0.718. The molecule has 3 fully saturated rings. The Morgan fingerprint density at radius 1 is 1.15 bits per heavy atom. The molecule has 0 spiro atoms. The van der Waals surface area contributed by atoms with Gasteiger partial charge in [-0.05, 0) is 6.42 Å². The molecular weight excluding hydrogens is 390 g/mol. The van der Waals surface area contributed by atoms with E-state index in [1.54, 1.807) is 0 Å². The van der Waals surface area contributed by atoms with Gasteiger partial charge in [-0.1, -0.05) is 6.58 Å². The molecule has 2 aliphatic carbocycles. The summed E-state index contributed by atoms with van der Waals surface area (Å²) >= 11 is 0. The second-order valence-electron chi connectivity index (χ2n) is 6.59. The van der Waals surface area contributed by atoms with E-state index in [-0.39, 0.29) is 6.42 Å². The highest BCUT2D eigenvalue weighted by atomic mass is 19.4. The molecule has 2 saturated carbocycles. The molecule has 1 heterocycles. The summed E-state index contributed by atoms with van der Waals surface area (Å²) < 4.78 is 88.4. The van der Waals surface area contributed by atoms with Crippen LogP contribution in [0.1, 0.15) is 6.42 Å². The van der Waals surface area contributed by atoms with E-state index in [9.17, 15) is 40.7 Å². The number of carbonyl (C=O) groups is 3. The maximum atomic E-state index is 12.6. The minimum atomic E-state index is -5.05. The molecule has 0 aromatic rings. The van der Waals surface area contributed by atoms with Crippen LogP contribution in [0.15, 0.2) is 12.2 Å². The minimum absolute atomic E-state index is 0.0727. The maximum Gasteiger partial charge on any atom is 0.422 e. The number of rotatable bonds is 4. The van der Waals surface area contributed by atoms with Gasteiger partial charge in [0.1, 0.15) is 17.8 Å². The van der Waals surface area contributed by atoms with Gasteiger partial charge in [0, 0.05) is 11.8 Å². The number of hydrogen-bond acceptors (Lipinski definition) is 6. The standard InChI is InChI=1S/C15H12F6O6/c1-4(15(19,20)21)11(22)26-9-5-2-6-8(13(24)27-10(6)9)7(5)12(23)25-3-14(16,17)18/h5-10H,1-3H2. The lowest BCUT2D eigenvalue weighted by Gasteiger charge is -2.30. The molecule has 0 aromatic heterocycles. The van der Waals surface area contributed by atoms with Crippen molar-refractivity contribution in [2.45, 2.75) is 31.0 Å². The number of halogens is 6. The second-order valence-corrected chi connectivity index (χ2v) is 6.59. The van der Waals surface area contributed by atoms with Gasteiger partial charge in [0.25, 0.3) is 0 Å². The predicted molar refractivity (Wildman–Crippen MR) is 70.5 cm³/mol. The summed E-state index contributed by atoms with van der Waals surface area (Å²) in [5.74, 6) is -8.11. The molecule has 6 atom stereocenters. The number of ether oxygens (including phenoxy) is 3.